The molecule has 0 radical (unpaired) electrons. The van der Waals surface area contributed by atoms with Crippen molar-refractivity contribution >= 4 is 5.91 Å². The van der Waals surface area contributed by atoms with Gasteiger partial charge in [0.05, 0.1) is 5.92 Å². The minimum Gasteiger partial charge on any atom is -0.487 e. The maximum atomic E-state index is 11.7. The van der Waals surface area contributed by atoms with E-state index in [-0.39, 0.29) is 17.4 Å². The molecule has 1 unspecified atom stereocenters. The van der Waals surface area contributed by atoms with E-state index in [0.29, 0.717) is 13.0 Å². The molecule has 3 N–H and O–H groups in total. The van der Waals surface area contributed by atoms with Gasteiger partial charge in [0.2, 0.25) is 5.91 Å². The first-order valence-electron chi connectivity index (χ1n) is 6.68. The highest BCUT2D eigenvalue weighted by molar-refractivity contribution is 5.79. The molecule has 104 valence electrons. The van der Waals surface area contributed by atoms with Crippen molar-refractivity contribution in [2.75, 3.05) is 13.6 Å². The minimum absolute atomic E-state index is 0.0163. The average molecular weight is 262 g/mol. The molecule has 19 heavy (non-hydrogen) atoms. The number of carbonyl (C=O) groups is 1. The summed E-state index contributed by atoms with van der Waals surface area (Å²) in [5, 5.41) is 2.66. The van der Waals surface area contributed by atoms with Crippen LogP contribution in [-0.2, 0) is 17.6 Å². The Balaban J connectivity index is 2.24. The van der Waals surface area contributed by atoms with Crippen molar-refractivity contribution in [3.8, 4) is 5.75 Å². The molecule has 4 nitrogen and oxygen atoms in total. The third-order valence-electron chi connectivity index (χ3n) is 3.54. The van der Waals surface area contributed by atoms with Crippen LogP contribution in [0, 0.1) is 5.92 Å². The molecule has 2 rings (SSSR count). The normalized spacial score (nSPS) is 17.5. The third-order valence-corrected chi connectivity index (χ3v) is 3.54. The van der Waals surface area contributed by atoms with Gasteiger partial charge in [0, 0.05) is 20.0 Å². The average Bonchev–Trinajstić information content (AvgIpc) is 2.69. The largest absolute Gasteiger partial charge is 0.487 e. The molecule has 1 aliphatic heterocycles. The van der Waals surface area contributed by atoms with Gasteiger partial charge in [0.1, 0.15) is 11.4 Å². The van der Waals surface area contributed by atoms with E-state index in [4.69, 9.17) is 10.5 Å². The number of carbonyl (C=O) groups excluding carboxylic acids is 1. The zero-order valence-electron chi connectivity index (χ0n) is 11.8. The quantitative estimate of drug-likeness (QED) is 0.858. The van der Waals surface area contributed by atoms with Crippen LogP contribution in [0.1, 0.15) is 25.0 Å². The van der Waals surface area contributed by atoms with E-state index in [9.17, 15) is 4.79 Å². The number of hydrogen-bond donors (Lipinski definition) is 2. The summed E-state index contributed by atoms with van der Waals surface area (Å²) in [7, 11) is 1.64. The fraction of sp³-hybridized carbons (Fsp3) is 0.533. The van der Waals surface area contributed by atoms with Crippen LogP contribution in [-0.4, -0.2) is 25.1 Å². The van der Waals surface area contributed by atoms with Gasteiger partial charge in [-0.1, -0.05) is 18.2 Å². The van der Waals surface area contributed by atoms with Crippen LogP contribution in [0.25, 0.3) is 0 Å². The number of rotatable bonds is 4. The second-order valence-electron chi connectivity index (χ2n) is 5.69. The van der Waals surface area contributed by atoms with Gasteiger partial charge in [0.25, 0.3) is 0 Å². The molecule has 1 heterocycles. The Bertz CT molecular complexity index is 483. The Morgan fingerprint density at radius 3 is 2.89 bits per heavy atom. The summed E-state index contributed by atoms with van der Waals surface area (Å²) < 4.78 is 6.01. The number of hydrogen-bond acceptors (Lipinski definition) is 3. The lowest BCUT2D eigenvalue weighted by molar-refractivity contribution is -0.124. The zero-order valence-corrected chi connectivity index (χ0v) is 11.8. The Hall–Kier alpha value is -1.55. The Kier molecular flexibility index (Phi) is 3.80. The van der Waals surface area contributed by atoms with Crippen molar-refractivity contribution in [3.63, 3.8) is 0 Å². The van der Waals surface area contributed by atoms with Crippen LogP contribution in [0.2, 0.25) is 0 Å². The summed E-state index contributed by atoms with van der Waals surface area (Å²) in [5.41, 5.74) is 7.82. The summed E-state index contributed by atoms with van der Waals surface area (Å²) >= 11 is 0. The lowest BCUT2D eigenvalue weighted by atomic mass is 9.95. The topological polar surface area (TPSA) is 64.4 Å². The smallest absolute Gasteiger partial charge is 0.224 e. The summed E-state index contributed by atoms with van der Waals surface area (Å²) in [4.78, 5) is 11.7. The monoisotopic (exact) mass is 262 g/mol. The maximum absolute atomic E-state index is 11.7. The first-order chi connectivity index (χ1) is 8.96. The van der Waals surface area contributed by atoms with E-state index in [0.717, 1.165) is 17.7 Å². The van der Waals surface area contributed by atoms with E-state index in [1.807, 2.05) is 12.1 Å². The molecule has 1 aromatic rings. The molecular formula is C15H22N2O2. The number of nitrogens with two attached hydrogens (primary N) is 1. The van der Waals surface area contributed by atoms with Crippen LogP contribution in [0.3, 0.4) is 0 Å². The third kappa shape index (κ3) is 2.89. The van der Waals surface area contributed by atoms with Gasteiger partial charge >= 0.3 is 0 Å². The second-order valence-corrected chi connectivity index (χ2v) is 5.69. The van der Waals surface area contributed by atoms with Crippen molar-refractivity contribution in [2.45, 2.75) is 32.3 Å². The molecule has 1 aromatic carbocycles. The molecule has 1 atom stereocenters. The van der Waals surface area contributed by atoms with Gasteiger partial charge < -0.3 is 15.8 Å². The fourth-order valence-corrected chi connectivity index (χ4v) is 2.59. The van der Waals surface area contributed by atoms with Gasteiger partial charge in [-0.2, -0.15) is 0 Å². The van der Waals surface area contributed by atoms with E-state index in [1.54, 1.807) is 7.05 Å². The van der Waals surface area contributed by atoms with Crippen molar-refractivity contribution in [1.82, 2.24) is 5.32 Å². The summed E-state index contributed by atoms with van der Waals surface area (Å²) in [6.45, 7) is 4.50. The van der Waals surface area contributed by atoms with E-state index >= 15 is 0 Å². The van der Waals surface area contributed by atoms with Gasteiger partial charge in [0.15, 0.2) is 0 Å². The van der Waals surface area contributed by atoms with E-state index in [1.165, 1.54) is 5.56 Å². The highest BCUT2D eigenvalue weighted by Crippen LogP contribution is 2.38. The predicted octanol–water partition coefficient (Wildman–Crippen LogP) is 1.26. The number of amides is 1. The molecule has 0 bridgehead atoms. The van der Waals surface area contributed by atoms with Crippen molar-refractivity contribution in [1.29, 1.82) is 0 Å². The lowest BCUT2D eigenvalue weighted by Gasteiger charge is -2.19. The first-order valence-corrected chi connectivity index (χ1v) is 6.68. The summed E-state index contributed by atoms with van der Waals surface area (Å²) in [6.07, 6.45) is 1.53. The van der Waals surface area contributed by atoms with Crippen LogP contribution >= 0.6 is 0 Å². The van der Waals surface area contributed by atoms with Gasteiger partial charge in [-0.25, -0.2) is 0 Å². The van der Waals surface area contributed by atoms with Crippen LogP contribution in [0.5, 0.6) is 5.75 Å². The van der Waals surface area contributed by atoms with Crippen molar-refractivity contribution < 1.29 is 9.53 Å². The van der Waals surface area contributed by atoms with Crippen molar-refractivity contribution in [2.24, 2.45) is 11.7 Å². The molecule has 0 aromatic heterocycles. The van der Waals surface area contributed by atoms with Gasteiger partial charge in [-0.3, -0.25) is 4.79 Å². The standard InChI is InChI=1S/C15H22N2O2/c1-15(2)8-11-6-4-5-10(13(11)19-15)7-12(9-16)14(18)17-3/h4-6,12H,7-9,16H2,1-3H3,(H,17,18). The molecule has 0 fully saturated rings. The SMILES string of the molecule is CNC(=O)C(CN)Cc1cccc2c1OC(C)(C)C2. The fourth-order valence-electron chi connectivity index (χ4n) is 2.59. The zero-order chi connectivity index (χ0) is 14.0. The van der Waals surface area contributed by atoms with Crippen LogP contribution < -0.4 is 15.8 Å². The maximum Gasteiger partial charge on any atom is 0.224 e. The highest BCUT2D eigenvalue weighted by Gasteiger charge is 2.32. The Labute approximate surface area is 114 Å². The predicted molar refractivity (Wildman–Crippen MR) is 75.2 cm³/mol. The summed E-state index contributed by atoms with van der Waals surface area (Å²) in [5.74, 6) is 0.719. The van der Waals surface area contributed by atoms with Gasteiger partial charge in [-0.15, -0.1) is 0 Å². The van der Waals surface area contributed by atoms with Crippen LogP contribution in [0.15, 0.2) is 18.2 Å². The van der Waals surface area contributed by atoms with Crippen LogP contribution in [0.4, 0.5) is 0 Å². The highest BCUT2D eigenvalue weighted by atomic mass is 16.5. The number of fused-ring (bicyclic) bond motifs is 1. The van der Waals surface area contributed by atoms with E-state index < -0.39 is 0 Å². The lowest BCUT2D eigenvalue weighted by Crippen LogP contribution is -2.34. The number of nitrogens with one attached hydrogen (secondary N) is 1. The summed E-state index contributed by atoms with van der Waals surface area (Å²) in [6, 6.07) is 6.13. The molecule has 0 spiro atoms. The second kappa shape index (κ2) is 5.21. The molecule has 1 amide bonds. The van der Waals surface area contributed by atoms with E-state index in [2.05, 4.69) is 25.2 Å². The first kappa shape index (κ1) is 13.9. The van der Waals surface area contributed by atoms with Crippen molar-refractivity contribution in [3.05, 3.63) is 29.3 Å². The number of benzene rings is 1. The number of para-hydroxylation sites is 1. The Morgan fingerprint density at radius 2 is 2.26 bits per heavy atom. The molecule has 4 heteroatoms. The number of ether oxygens (including phenoxy) is 1. The molecule has 1 aliphatic rings. The minimum atomic E-state index is -0.205. The molecular weight excluding hydrogens is 240 g/mol. The molecule has 0 saturated carbocycles. The molecule has 0 aliphatic carbocycles. The Morgan fingerprint density at radius 1 is 1.53 bits per heavy atom. The van der Waals surface area contributed by atoms with Gasteiger partial charge in [-0.05, 0) is 31.4 Å². The molecule has 0 saturated heterocycles.